The summed E-state index contributed by atoms with van der Waals surface area (Å²) in [5.74, 6) is -1.12. The van der Waals surface area contributed by atoms with Gasteiger partial charge in [0.2, 0.25) is 0 Å². The SMILES string of the molecule is CCOC(=O)C(O)C(O)c1cc([N+](=O)[O-])c[nH]c1=O. The molecule has 0 aliphatic carbocycles. The van der Waals surface area contributed by atoms with Gasteiger partial charge in [-0.2, -0.15) is 0 Å². The number of hydrogen-bond donors (Lipinski definition) is 3. The topological polar surface area (TPSA) is 143 Å². The standard InChI is InChI=1S/C10H12N2O7/c1-2-19-10(16)8(14)7(13)6-3-5(12(17)18)4-11-9(6)15/h3-4,7-8,13-14H,2H2,1H3,(H,11,15). The third-order valence-electron chi connectivity index (χ3n) is 2.27. The second kappa shape index (κ2) is 6.07. The Morgan fingerprint density at radius 2 is 2.21 bits per heavy atom. The third-order valence-corrected chi connectivity index (χ3v) is 2.27. The first-order chi connectivity index (χ1) is 8.88. The van der Waals surface area contributed by atoms with Gasteiger partial charge < -0.3 is 19.9 Å². The second-order valence-electron chi connectivity index (χ2n) is 3.54. The van der Waals surface area contributed by atoms with Gasteiger partial charge in [0.05, 0.1) is 23.3 Å². The smallest absolute Gasteiger partial charge is 0.338 e. The van der Waals surface area contributed by atoms with E-state index < -0.39 is 39.9 Å². The van der Waals surface area contributed by atoms with Gasteiger partial charge in [-0.15, -0.1) is 0 Å². The Labute approximate surface area is 106 Å². The van der Waals surface area contributed by atoms with Crippen molar-refractivity contribution in [1.29, 1.82) is 0 Å². The molecule has 0 saturated carbocycles. The molecule has 1 heterocycles. The summed E-state index contributed by atoms with van der Waals surface area (Å²) >= 11 is 0. The van der Waals surface area contributed by atoms with Crippen LogP contribution in [0.15, 0.2) is 17.1 Å². The Bertz CT molecular complexity index is 539. The van der Waals surface area contributed by atoms with Crippen molar-refractivity contribution in [3.8, 4) is 0 Å². The molecule has 1 aromatic rings. The lowest BCUT2D eigenvalue weighted by Gasteiger charge is -2.15. The van der Waals surface area contributed by atoms with Crippen molar-refractivity contribution in [3.63, 3.8) is 0 Å². The highest BCUT2D eigenvalue weighted by molar-refractivity contribution is 5.75. The first-order valence-corrected chi connectivity index (χ1v) is 5.28. The van der Waals surface area contributed by atoms with Crippen molar-refractivity contribution < 1.29 is 24.7 Å². The molecule has 0 bridgehead atoms. The summed E-state index contributed by atoms with van der Waals surface area (Å²) in [7, 11) is 0. The molecule has 1 rings (SSSR count). The van der Waals surface area contributed by atoms with Gasteiger partial charge in [-0.05, 0) is 6.92 Å². The Hall–Kier alpha value is -2.26. The molecule has 9 heteroatoms. The van der Waals surface area contributed by atoms with Crippen LogP contribution in [0.1, 0.15) is 18.6 Å². The molecule has 3 N–H and O–H groups in total. The lowest BCUT2D eigenvalue weighted by atomic mass is 10.1. The van der Waals surface area contributed by atoms with Crippen LogP contribution in [0.25, 0.3) is 0 Å². The van der Waals surface area contributed by atoms with E-state index >= 15 is 0 Å². The fourth-order valence-corrected chi connectivity index (χ4v) is 1.34. The van der Waals surface area contributed by atoms with E-state index in [0.29, 0.717) is 0 Å². The highest BCUT2D eigenvalue weighted by Crippen LogP contribution is 2.18. The molecule has 0 aliphatic rings. The van der Waals surface area contributed by atoms with Crippen molar-refractivity contribution >= 4 is 11.7 Å². The number of carbonyl (C=O) groups is 1. The minimum atomic E-state index is -2.00. The Balaban J connectivity index is 3.08. The fourth-order valence-electron chi connectivity index (χ4n) is 1.34. The summed E-state index contributed by atoms with van der Waals surface area (Å²) in [5, 5.41) is 29.7. The molecule has 2 atom stereocenters. The fraction of sp³-hybridized carbons (Fsp3) is 0.400. The van der Waals surface area contributed by atoms with Gasteiger partial charge in [0, 0.05) is 6.07 Å². The van der Waals surface area contributed by atoms with Crippen LogP contribution in [0.5, 0.6) is 0 Å². The molecule has 19 heavy (non-hydrogen) atoms. The normalized spacial score (nSPS) is 13.6. The maximum absolute atomic E-state index is 11.4. The van der Waals surface area contributed by atoms with Crippen LogP contribution in [-0.2, 0) is 9.53 Å². The molecule has 104 valence electrons. The van der Waals surface area contributed by atoms with Crippen LogP contribution in [0.4, 0.5) is 5.69 Å². The van der Waals surface area contributed by atoms with Crippen LogP contribution in [-0.4, -0.2) is 38.8 Å². The van der Waals surface area contributed by atoms with Crippen molar-refractivity contribution in [3.05, 3.63) is 38.3 Å². The zero-order valence-corrected chi connectivity index (χ0v) is 9.90. The molecule has 0 aromatic carbocycles. The molecule has 0 radical (unpaired) electrons. The number of nitrogens with one attached hydrogen (secondary N) is 1. The maximum Gasteiger partial charge on any atom is 0.338 e. The molecular formula is C10H12N2O7. The van der Waals surface area contributed by atoms with Gasteiger partial charge in [0.1, 0.15) is 6.10 Å². The molecule has 0 amide bonds. The van der Waals surface area contributed by atoms with Gasteiger partial charge in [-0.25, -0.2) is 4.79 Å². The van der Waals surface area contributed by atoms with Crippen LogP contribution in [0, 0.1) is 10.1 Å². The van der Waals surface area contributed by atoms with Crippen molar-refractivity contribution in [2.45, 2.75) is 19.1 Å². The van der Waals surface area contributed by atoms with Gasteiger partial charge in [0.15, 0.2) is 6.10 Å². The van der Waals surface area contributed by atoms with Gasteiger partial charge in [-0.1, -0.05) is 0 Å². The van der Waals surface area contributed by atoms with Crippen LogP contribution in [0.2, 0.25) is 0 Å². The first kappa shape index (κ1) is 14.8. The second-order valence-corrected chi connectivity index (χ2v) is 3.54. The predicted molar refractivity (Wildman–Crippen MR) is 61.3 cm³/mol. The monoisotopic (exact) mass is 272 g/mol. The third kappa shape index (κ3) is 3.36. The van der Waals surface area contributed by atoms with Crippen molar-refractivity contribution in [1.82, 2.24) is 4.98 Å². The Morgan fingerprint density at radius 3 is 2.74 bits per heavy atom. The summed E-state index contributed by atoms with van der Waals surface area (Å²) in [6, 6.07) is 0.784. The van der Waals surface area contributed by atoms with Gasteiger partial charge >= 0.3 is 5.97 Å². The number of aliphatic hydroxyl groups is 2. The highest BCUT2D eigenvalue weighted by atomic mass is 16.6. The number of esters is 1. The molecule has 0 aliphatic heterocycles. The Kier molecular flexibility index (Phi) is 4.73. The number of aromatic amines is 1. The van der Waals surface area contributed by atoms with E-state index in [4.69, 9.17) is 0 Å². The number of pyridine rings is 1. The summed E-state index contributed by atoms with van der Waals surface area (Å²) in [6.45, 7) is 1.48. The zero-order valence-electron chi connectivity index (χ0n) is 9.90. The van der Waals surface area contributed by atoms with E-state index in [1.165, 1.54) is 6.92 Å². The average molecular weight is 272 g/mol. The van der Waals surface area contributed by atoms with Crippen LogP contribution < -0.4 is 5.56 Å². The molecule has 9 nitrogen and oxygen atoms in total. The maximum atomic E-state index is 11.4. The minimum absolute atomic E-state index is 0.0199. The largest absolute Gasteiger partial charge is 0.464 e. The molecule has 1 aromatic heterocycles. The van der Waals surface area contributed by atoms with E-state index in [0.717, 1.165) is 12.3 Å². The number of carbonyl (C=O) groups excluding carboxylic acids is 1. The van der Waals surface area contributed by atoms with E-state index in [-0.39, 0.29) is 6.61 Å². The van der Waals surface area contributed by atoms with Crippen LogP contribution in [0.3, 0.4) is 0 Å². The number of aromatic nitrogens is 1. The number of H-pyrrole nitrogens is 1. The Morgan fingerprint density at radius 1 is 1.58 bits per heavy atom. The number of rotatable bonds is 5. The number of aliphatic hydroxyl groups excluding tert-OH is 2. The van der Waals surface area contributed by atoms with Gasteiger partial charge in [0.25, 0.3) is 11.2 Å². The summed E-state index contributed by atoms with van der Waals surface area (Å²) in [6.07, 6.45) is -3.07. The van der Waals surface area contributed by atoms with Gasteiger partial charge in [-0.3, -0.25) is 14.9 Å². The minimum Gasteiger partial charge on any atom is -0.464 e. The molecule has 0 spiro atoms. The molecule has 0 saturated heterocycles. The number of ether oxygens (including phenoxy) is 1. The number of nitro groups is 1. The molecular weight excluding hydrogens is 260 g/mol. The van der Waals surface area contributed by atoms with Crippen molar-refractivity contribution in [2.24, 2.45) is 0 Å². The van der Waals surface area contributed by atoms with Crippen molar-refractivity contribution in [2.75, 3.05) is 6.61 Å². The molecule has 0 fully saturated rings. The van der Waals surface area contributed by atoms with E-state index in [1.807, 2.05) is 4.98 Å². The quantitative estimate of drug-likeness (QED) is 0.363. The number of nitrogens with zero attached hydrogens (tertiary/aromatic N) is 1. The highest BCUT2D eigenvalue weighted by Gasteiger charge is 2.30. The van der Waals surface area contributed by atoms with Crippen LogP contribution >= 0.6 is 0 Å². The van der Waals surface area contributed by atoms with E-state index in [2.05, 4.69) is 4.74 Å². The zero-order chi connectivity index (χ0) is 14.6. The summed E-state index contributed by atoms with van der Waals surface area (Å²) in [5.41, 5.74) is -1.82. The lowest BCUT2D eigenvalue weighted by Crippen LogP contribution is -2.33. The number of hydrogen-bond acceptors (Lipinski definition) is 7. The summed E-state index contributed by atoms with van der Waals surface area (Å²) in [4.78, 5) is 34.4. The van der Waals surface area contributed by atoms with E-state index in [9.17, 15) is 29.9 Å². The van der Waals surface area contributed by atoms with E-state index in [1.54, 1.807) is 0 Å². The first-order valence-electron chi connectivity index (χ1n) is 5.28. The molecule has 2 unspecified atom stereocenters. The predicted octanol–water partition coefficient (Wildman–Crippen LogP) is -0.760. The summed E-state index contributed by atoms with van der Waals surface area (Å²) < 4.78 is 4.47. The lowest BCUT2D eigenvalue weighted by molar-refractivity contribution is -0.385. The average Bonchev–Trinajstić information content (AvgIpc) is 2.37.